The van der Waals surface area contributed by atoms with Gasteiger partial charge in [0.15, 0.2) is 0 Å². The van der Waals surface area contributed by atoms with Crippen molar-refractivity contribution in [3.8, 4) is 0 Å². The van der Waals surface area contributed by atoms with Crippen LogP contribution in [0.4, 0.5) is 4.79 Å². The van der Waals surface area contributed by atoms with Crippen LogP contribution in [-0.4, -0.2) is 55.0 Å². The molecule has 5 heteroatoms. The van der Waals surface area contributed by atoms with Gasteiger partial charge >= 0.3 is 6.03 Å². The van der Waals surface area contributed by atoms with Crippen LogP contribution < -0.4 is 5.32 Å². The summed E-state index contributed by atoms with van der Waals surface area (Å²) in [5.74, 6) is 0.752. The normalized spacial score (nSPS) is 29.1. The number of nitrogens with one attached hydrogen (secondary N) is 1. The second-order valence-electron chi connectivity index (χ2n) is 6.33. The van der Waals surface area contributed by atoms with Crippen molar-refractivity contribution < 1.29 is 14.6 Å². The van der Waals surface area contributed by atoms with Crippen molar-refractivity contribution in [1.82, 2.24) is 10.2 Å². The van der Waals surface area contributed by atoms with Crippen LogP contribution >= 0.6 is 0 Å². The molecule has 1 saturated heterocycles. The highest BCUT2D eigenvalue weighted by molar-refractivity contribution is 5.74. The van der Waals surface area contributed by atoms with E-state index >= 15 is 0 Å². The summed E-state index contributed by atoms with van der Waals surface area (Å²) in [6.07, 6.45) is 4.77. The Kier molecular flexibility index (Phi) is 5.66. The van der Waals surface area contributed by atoms with Crippen molar-refractivity contribution in [2.75, 3.05) is 26.8 Å². The van der Waals surface area contributed by atoms with Crippen molar-refractivity contribution in [3.05, 3.63) is 0 Å². The predicted octanol–water partition coefficient (Wildman–Crippen LogP) is 1.60. The van der Waals surface area contributed by atoms with Crippen molar-refractivity contribution in [2.45, 2.75) is 51.2 Å². The van der Waals surface area contributed by atoms with Gasteiger partial charge in [0, 0.05) is 38.8 Å². The zero-order valence-electron chi connectivity index (χ0n) is 12.7. The summed E-state index contributed by atoms with van der Waals surface area (Å²) in [7, 11) is 1.82. The third-order valence-electron chi connectivity index (χ3n) is 4.80. The monoisotopic (exact) mass is 284 g/mol. The zero-order valence-corrected chi connectivity index (χ0v) is 12.7. The number of aliphatic hydroxyl groups excluding tert-OH is 1. The number of urea groups is 1. The maximum absolute atomic E-state index is 12.2. The average Bonchev–Trinajstić information content (AvgIpc) is 2.85. The van der Waals surface area contributed by atoms with Gasteiger partial charge in [-0.1, -0.05) is 6.42 Å². The van der Waals surface area contributed by atoms with Crippen LogP contribution in [0.1, 0.15) is 39.0 Å². The van der Waals surface area contributed by atoms with Crippen LogP contribution in [-0.2, 0) is 4.74 Å². The molecule has 116 valence electrons. The SMILES string of the molecule is CC(NC(=O)N(C)CC1CCCC1O)C1CCOCC1. The van der Waals surface area contributed by atoms with E-state index in [0.29, 0.717) is 12.5 Å². The van der Waals surface area contributed by atoms with E-state index < -0.39 is 0 Å². The molecule has 1 aliphatic heterocycles. The first-order valence-corrected chi connectivity index (χ1v) is 7.85. The maximum Gasteiger partial charge on any atom is 0.317 e. The number of carbonyl (C=O) groups is 1. The van der Waals surface area contributed by atoms with Crippen molar-refractivity contribution in [1.29, 1.82) is 0 Å². The van der Waals surface area contributed by atoms with Gasteiger partial charge in [0.25, 0.3) is 0 Å². The van der Waals surface area contributed by atoms with E-state index in [1.54, 1.807) is 4.90 Å². The summed E-state index contributed by atoms with van der Waals surface area (Å²) in [4.78, 5) is 13.9. The summed E-state index contributed by atoms with van der Waals surface area (Å²) in [5.41, 5.74) is 0. The predicted molar refractivity (Wildman–Crippen MR) is 77.5 cm³/mol. The van der Waals surface area contributed by atoms with E-state index in [0.717, 1.165) is 45.3 Å². The quantitative estimate of drug-likeness (QED) is 0.824. The van der Waals surface area contributed by atoms with E-state index in [-0.39, 0.29) is 24.1 Å². The maximum atomic E-state index is 12.2. The number of ether oxygens (including phenoxy) is 1. The second kappa shape index (κ2) is 7.27. The number of nitrogens with zero attached hydrogens (tertiary/aromatic N) is 1. The van der Waals surface area contributed by atoms with Crippen LogP contribution in [0, 0.1) is 11.8 Å². The smallest absolute Gasteiger partial charge is 0.317 e. The van der Waals surface area contributed by atoms with Crippen molar-refractivity contribution >= 4 is 6.03 Å². The van der Waals surface area contributed by atoms with Crippen molar-refractivity contribution in [3.63, 3.8) is 0 Å². The summed E-state index contributed by atoms with van der Waals surface area (Å²) in [6.45, 7) is 4.32. The fourth-order valence-electron chi connectivity index (χ4n) is 3.30. The number of aliphatic hydroxyl groups is 1. The Hall–Kier alpha value is -0.810. The van der Waals surface area contributed by atoms with E-state index in [9.17, 15) is 9.90 Å². The Morgan fingerprint density at radius 1 is 1.35 bits per heavy atom. The lowest BCUT2D eigenvalue weighted by Crippen LogP contribution is -2.47. The average molecular weight is 284 g/mol. The topological polar surface area (TPSA) is 61.8 Å². The number of rotatable bonds is 4. The van der Waals surface area contributed by atoms with Crippen LogP contribution in [0.15, 0.2) is 0 Å². The van der Waals surface area contributed by atoms with Crippen LogP contribution in [0.3, 0.4) is 0 Å². The van der Waals surface area contributed by atoms with Gasteiger partial charge in [0.1, 0.15) is 0 Å². The lowest BCUT2D eigenvalue weighted by Gasteiger charge is -2.31. The summed E-state index contributed by atoms with van der Waals surface area (Å²) in [6, 6.07) is 0.158. The molecule has 1 heterocycles. The molecular formula is C15H28N2O3. The molecular weight excluding hydrogens is 256 g/mol. The molecule has 0 bridgehead atoms. The van der Waals surface area contributed by atoms with Crippen LogP contribution in [0.2, 0.25) is 0 Å². The van der Waals surface area contributed by atoms with Crippen LogP contribution in [0.25, 0.3) is 0 Å². The largest absolute Gasteiger partial charge is 0.393 e. The molecule has 3 atom stereocenters. The molecule has 0 radical (unpaired) electrons. The molecule has 1 aliphatic carbocycles. The molecule has 0 aromatic heterocycles. The lowest BCUT2D eigenvalue weighted by atomic mass is 9.93. The van der Waals surface area contributed by atoms with E-state index in [2.05, 4.69) is 12.2 Å². The zero-order chi connectivity index (χ0) is 14.5. The standard InChI is InChI=1S/C15H28N2O3/c1-11(12-6-8-20-9-7-12)16-15(19)17(2)10-13-4-3-5-14(13)18/h11-14,18H,3-10H2,1-2H3,(H,16,19). The molecule has 2 N–H and O–H groups in total. The van der Waals surface area contributed by atoms with Gasteiger partial charge in [-0.25, -0.2) is 4.79 Å². The van der Waals surface area contributed by atoms with Crippen molar-refractivity contribution in [2.24, 2.45) is 11.8 Å². The number of amides is 2. The van der Waals surface area contributed by atoms with Gasteiger partial charge in [0.2, 0.25) is 0 Å². The van der Waals surface area contributed by atoms with Gasteiger partial charge in [-0.05, 0) is 38.5 Å². The Morgan fingerprint density at radius 3 is 2.65 bits per heavy atom. The Morgan fingerprint density at radius 2 is 2.05 bits per heavy atom. The van der Waals surface area contributed by atoms with Crippen LogP contribution in [0.5, 0.6) is 0 Å². The Bertz CT molecular complexity index is 318. The van der Waals surface area contributed by atoms with Gasteiger partial charge in [-0.2, -0.15) is 0 Å². The molecule has 20 heavy (non-hydrogen) atoms. The van der Waals surface area contributed by atoms with Gasteiger partial charge in [-0.3, -0.25) is 0 Å². The van der Waals surface area contributed by atoms with E-state index in [1.165, 1.54) is 0 Å². The van der Waals surface area contributed by atoms with Gasteiger partial charge < -0.3 is 20.1 Å². The molecule has 2 amide bonds. The number of carbonyl (C=O) groups excluding carboxylic acids is 1. The number of hydrogen-bond acceptors (Lipinski definition) is 3. The molecule has 2 rings (SSSR count). The first-order valence-electron chi connectivity index (χ1n) is 7.85. The summed E-state index contributed by atoms with van der Waals surface area (Å²) >= 11 is 0. The summed E-state index contributed by atoms with van der Waals surface area (Å²) < 4.78 is 5.35. The third-order valence-corrected chi connectivity index (χ3v) is 4.80. The molecule has 3 unspecified atom stereocenters. The summed E-state index contributed by atoms with van der Waals surface area (Å²) in [5, 5.41) is 12.9. The molecule has 5 nitrogen and oxygen atoms in total. The minimum atomic E-state index is -0.238. The van der Waals surface area contributed by atoms with E-state index in [4.69, 9.17) is 4.74 Å². The molecule has 0 spiro atoms. The molecule has 2 fully saturated rings. The highest BCUT2D eigenvalue weighted by Gasteiger charge is 2.28. The second-order valence-corrected chi connectivity index (χ2v) is 6.33. The lowest BCUT2D eigenvalue weighted by molar-refractivity contribution is 0.0560. The third kappa shape index (κ3) is 4.09. The molecule has 0 aromatic rings. The Balaban J connectivity index is 1.75. The molecule has 1 saturated carbocycles. The fraction of sp³-hybridized carbons (Fsp3) is 0.933. The molecule has 2 aliphatic rings. The number of hydrogen-bond donors (Lipinski definition) is 2. The highest BCUT2D eigenvalue weighted by Crippen LogP contribution is 2.26. The minimum absolute atomic E-state index is 0.0249. The first kappa shape index (κ1) is 15.6. The highest BCUT2D eigenvalue weighted by atomic mass is 16.5. The first-order chi connectivity index (χ1) is 9.58. The molecule has 0 aromatic carbocycles. The minimum Gasteiger partial charge on any atom is -0.393 e. The van der Waals surface area contributed by atoms with Gasteiger partial charge in [-0.15, -0.1) is 0 Å². The fourth-order valence-corrected chi connectivity index (χ4v) is 3.30. The van der Waals surface area contributed by atoms with E-state index in [1.807, 2.05) is 7.05 Å². The van der Waals surface area contributed by atoms with Gasteiger partial charge in [0.05, 0.1) is 6.10 Å². The Labute approximate surface area is 121 Å².